The normalized spacial score (nSPS) is 13.3. The van der Waals surface area contributed by atoms with E-state index in [4.69, 9.17) is 9.47 Å². The van der Waals surface area contributed by atoms with Gasteiger partial charge in [0, 0.05) is 41.8 Å². The van der Waals surface area contributed by atoms with Gasteiger partial charge < -0.3 is 25.2 Å². The van der Waals surface area contributed by atoms with Gasteiger partial charge in [0.2, 0.25) is 12.7 Å². The predicted molar refractivity (Wildman–Crippen MR) is 101 cm³/mol. The van der Waals surface area contributed by atoms with Crippen LogP contribution in [0.1, 0.15) is 6.92 Å². The van der Waals surface area contributed by atoms with Crippen molar-refractivity contribution in [1.82, 2.24) is 15.0 Å². The van der Waals surface area contributed by atoms with Crippen molar-refractivity contribution in [2.75, 3.05) is 24.0 Å². The number of fused-ring (bicyclic) bond motifs is 1. The summed E-state index contributed by atoms with van der Waals surface area (Å²) < 4.78 is 10.8. The molecule has 0 spiro atoms. The van der Waals surface area contributed by atoms with Gasteiger partial charge in [-0.05, 0) is 31.2 Å². The number of nitrogens with zero attached hydrogens (tertiary/aromatic N) is 3. The van der Waals surface area contributed by atoms with Crippen LogP contribution in [0.3, 0.4) is 0 Å². The van der Waals surface area contributed by atoms with Crippen molar-refractivity contribution in [3.63, 3.8) is 0 Å². The number of benzene rings is 1. The van der Waals surface area contributed by atoms with Crippen LogP contribution in [0.25, 0.3) is 11.3 Å². The van der Waals surface area contributed by atoms with Crippen molar-refractivity contribution in [2.45, 2.75) is 13.0 Å². The number of ether oxygens (including phenoxy) is 2. The molecule has 27 heavy (non-hydrogen) atoms. The van der Waals surface area contributed by atoms with Gasteiger partial charge in [-0.2, -0.15) is 4.98 Å². The van der Waals surface area contributed by atoms with Gasteiger partial charge in [-0.15, -0.1) is 0 Å². The molecule has 0 unspecified atom stereocenters. The van der Waals surface area contributed by atoms with Crippen molar-refractivity contribution in [3.8, 4) is 22.8 Å². The Kier molecular flexibility index (Phi) is 4.71. The van der Waals surface area contributed by atoms with Crippen LogP contribution in [0.15, 0.2) is 48.8 Å². The number of anilines is 3. The standard InChI is InChI=1S/C19H19N5O3/c1-12(10-25)21-19-23-15(13-3-2-6-20-9-13)8-18(24-19)22-14-4-5-16-17(7-14)27-11-26-16/h2-9,12,25H,10-11H2,1H3,(H2,21,22,23,24)/t12-/m0/s1. The molecule has 3 heterocycles. The van der Waals surface area contributed by atoms with Crippen LogP contribution in [0, 0.1) is 0 Å². The van der Waals surface area contributed by atoms with Crippen molar-refractivity contribution < 1.29 is 14.6 Å². The lowest BCUT2D eigenvalue weighted by Gasteiger charge is -2.14. The van der Waals surface area contributed by atoms with E-state index in [2.05, 4.69) is 25.6 Å². The number of hydrogen-bond acceptors (Lipinski definition) is 8. The Labute approximate surface area is 156 Å². The molecule has 3 N–H and O–H groups in total. The molecule has 4 rings (SSSR count). The number of rotatable bonds is 6. The van der Waals surface area contributed by atoms with Crippen LogP contribution >= 0.6 is 0 Å². The summed E-state index contributed by atoms with van der Waals surface area (Å²) in [5.74, 6) is 2.43. The van der Waals surface area contributed by atoms with Gasteiger partial charge >= 0.3 is 0 Å². The van der Waals surface area contributed by atoms with Gasteiger partial charge in [0.1, 0.15) is 5.82 Å². The molecule has 0 radical (unpaired) electrons. The molecule has 1 atom stereocenters. The molecule has 0 saturated heterocycles. The Morgan fingerprint density at radius 3 is 2.85 bits per heavy atom. The quantitative estimate of drug-likeness (QED) is 0.613. The molecule has 1 aliphatic heterocycles. The molecular formula is C19H19N5O3. The third-order valence-corrected chi connectivity index (χ3v) is 3.98. The number of aliphatic hydroxyl groups is 1. The fourth-order valence-electron chi connectivity index (χ4n) is 2.63. The summed E-state index contributed by atoms with van der Waals surface area (Å²) >= 11 is 0. The number of pyridine rings is 1. The summed E-state index contributed by atoms with van der Waals surface area (Å²) in [5, 5.41) is 15.7. The minimum Gasteiger partial charge on any atom is -0.454 e. The van der Waals surface area contributed by atoms with E-state index in [1.54, 1.807) is 12.4 Å². The molecule has 3 aromatic rings. The number of aliphatic hydroxyl groups excluding tert-OH is 1. The van der Waals surface area contributed by atoms with Gasteiger partial charge in [0.05, 0.1) is 12.3 Å². The average molecular weight is 365 g/mol. The first kappa shape index (κ1) is 17.0. The van der Waals surface area contributed by atoms with Crippen LogP contribution < -0.4 is 20.1 Å². The molecule has 1 aliphatic rings. The van der Waals surface area contributed by atoms with Gasteiger partial charge in [0.25, 0.3) is 0 Å². The average Bonchev–Trinajstić information content (AvgIpc) is 3.16. The molecule has 0 fully saturated rings. The van der Waals surface area contributed by atoms with Crippen molar-refractivity contribution in [1.29, 1.82) is 0 Å². The minimum atomic E-state index is -0.174. The van der Waals surface area contributed by atoms with E-state index in [0.717, 1.165) is 17.0 Å². The topological polar surface area (TPSA) is 101 Å². The first-order valence-corrected chi connectivity index (χ1v) is 8.55. The summed E-state index contributed by atoms with van der Waals surface area (Å²) in [6.07, 6.45) is 3.45. The second kappa shape index (κ2) is 7.46. The molecule has 8 nitrogen and oxygen atoms in total. The Morgan fingerprint density at radius 1 is 1.15 bits per heavy atom. The summed E-state index contributed by atoms with van der Waals surface area (Å²) in [7, 11) is 0. The molecule has 0 aliphatic carbocycles. The number of hydrogen-bond donors (Lipinski definition) is 3. The molecule has 1 aromatic carbocycles. The lowest BCUT2D eigenvalue weighted by atomic mass is 10.2. The zero-order chi connectivity index (χ0) is 18.6. The van der Waals surface area contributed by atoms with Crippen LogP contribution in [0.5, 0.6) is 11.5 Å². The summed E-state index contributed by atoms with van der Waals surface area (Å²) in [4.78, 5) is 13.2. The van der Waals surface area contributed by atoms with E-state index >= 15 is 0 Å². The first-order chi connectivity index (χ1) is 13.2. The van der Waals surface area contributed by atoms with Gasteiger partial charge in [-0.1, -0.05) is 0 Å². The minimum absolute atomic E-state index is 0.0224. The summed E-state index contributed by atoms with van der Waals surface area (Å²) in [6, 6.07) is 11.1. The van der Waals surface area contributed by atoms with E-state index < -0.39 is 0 Å². The highest BCUT2D eigenvalue weighted by atomic mass is 16.7. The highest BCUT2D eigenvalue weighted by molar-refractivity contribution is 5.68. The molecule has 0 saturated carbocycles. The Bertz CT molecular complexity index is 936. The maximum atomic E-state index is 9.31. The van der Waals surface area contributed by atoms with Crippen LogP contribution in [-0.2, 0) is 0 Å². The zero-order valence-corrected chi connectivity index (χ0v) is 14.7. The van der Waals surface area contributed by atoms with Gasteiger partial charge in [0.15, 0.2) is 11.5 Å². The third kappa shape index (κ3) is 3.90. The molecule has 2 aromatic heterocycles. The first-order valence-electron chi connectivity index (χ1n) is 8.55. The molecular weight excluding hydrogens is 346 g/mol. The van der Waals surface area contributed by atoms with Gasteiger partial charge in [-0.3, -0.25) is 4.98 Å². The van der Waals surface area contributed by atoms with E-state index in [1.165, 1.54) is 0 Å². The van der Waals surface area contributed by atoms with Crippen LogP contribution in [-0.4, -0.2) is 39.5 Å². The summed E-state index contributed by atoms with van der Waals surface area (Å²) in [5.41, 5.74) is 2.40. The van der Waals surface area contributed by atoms with E-state index in [-0.39, 0.29) is 19.4 Å². The Hall–Kier alpha value is -3.39. The monoisotopic (exact) mass is 365 g/mol. The molecule has 138 valence electrons. The fourth-order valence-corrected chi connectivity index (χ4v) is 2.63. The molecule has 0 bridgehead atoms. The van der Waals surface area contributed by atoms with E-state index in [9.17, 15) is 5.11 Å². The lowest BCUT2D eigenvalue weighted by molar-refractivity contribution is 0.174. The number of aromatic nitrogens is 3. The van der Waals surface area contributed by atoms with Crippen LogP contribution in [0.4, 0.5) is 17.5 Å². The smallest absolute Gasteiger partial charge is 0.231 e. The second-order valence-electron chi connectivity index (χ2n) is 6.12. The second-order valence-corrected chi connectivity index (χ2v) is 6.12. The highest BCUT2D eigenvalue weighted by Gasteiger charge is 2.14. The molecule has 8 heteroatoms. The van der Waals surface area contributed by atoms with Crippen molar-refractivity contribution in [2.24, 2.45) is 0 Å². The Morgan fingerprint density at radius 2 is 2.04 bits per heavy atom. The Balaban J connectivity index is 1.67. The maximum Gasteiger partial charge on any atom is 0.231 e. The van der Waals surface area contributed by atoms with Crippen LogP contribution in [0.2, 0.25) is 0 Å². The van der Waals surface area contributed by atoms with Crippen molar-refractivity contribution >= 4 is 17.5 Å². The highest BCUT2D eigenvalue weighted by Crippen LogP contribution is 2.35. The maximum absolute atomic E-state index is 9.31. The van der Waals surface area contributed by atoms with Crippen molar-refractivity contribution in [3.05, 3.63) is 48.8 Å². The lowest BCUT2D eigenvalue weighted by Crippen LogP contribution is -2.21. The zero-order valence-electron chi connectivity index (χ0n) is 14.7. The number of nitrogens with one attached hydrogen (secondary N) is 2. The fraction of sp³-hybridized carbons (Fsp3) is 0.211. The predicted octanol–water partition coefficient (Wildman–Crippen LogP) is 2.80. The van der Waals surface area contributed by atoms with E-state index in [1.807, 2.05) is 43.3 Å². The largest absolute Gasteiger partial charge is 0.454 e. The third-order valence-electron chi connectivity index (χ3n) is 3.98. The molecule has 0 amide bonds. The van der Waals surface area contributed by atoms with E-state index in [0.29, 0.717) is 23.2 Å². The van der Waals surface area contributed by atoms with Gasteiger partial charge in [-0.25, -0.2) is 4.98 Å². The summed E-state index contributed by atoms with van der Waals surface area (Å²) in [6.45, 7) is 2.06. The SMILES string of the molecule is C[C@@H](CO)Nc1nc(Nc2ccc3c(c2)OCO3)cc(-c2cccnc2)n1.